The van der Waals surface area contributed by atoms with Gasteiger partial charge in [0.05, 0.1) is 27.5 Å². The minimum Gasteiger partial charge on any atom is -0.357 e. The fraction of sp³-hybridized carbons (Fsp3) is 0.143. The summed E-state index contributed by atoms with van der Waals surface area (Å²) in [6.07, 6.45) is 1.36. The van der Waals surface area contributed by atoms with Crippen molar-refractivity contribution in [2.24, 2.45) is 0 Å². The molecule has 0 aliphatic carbocycles. The van der Waals surface area contributed by atoms with Gasteiger partial charge in [0.1, 0.15) is 5.82 Å². The van der Waals surface area contributed by atoms with Crippen molar-refractivity contribution >= 4 is 34.1 Å². The Morgan fingerprint density at radius 2 is 2.27 bits per heavy atom. The van der Waals surface area contributed by atoms with Gasteiger partial charge in [-0.1, -0.05) is 23.7 Å². The number of H-pyrrole nitrogens is 1. The minimum atomic E-state index is -0.524. The van der Waals surface area contributed by atoms with Crippen molar-refractivity contribution in [1.82, 2.24) is 15.0 Å². The smallest absolute Gasteiger partial charge is 0.312 e. The number of aromatic nitrogens is 3. The summed E-state index contributed by atoms with van der Waals surface area (Å²) in [4.78, 5) is 22.1. The molecule has 112 valence electrons. The zero-order valence-corrected chi connectivity index (χ0v) is 12.4. The summed E-state index contributed by atoms with van der Waals surface area (Å²) in [5.41, 5.74) is 2.71. The number of hydrogen-bond acceptors (Lipinski definition) is 5. The zero-order valence-electron chi connectivity index (χ0n) is 11.6. The van der Waals surface area contributed by atoms with Crippen LogP contribution in [0.5, 0.6) is 0 Å². The summed E-state index contributed by atoms with van der Waals surface area (Å²) in [7, 11) is 0. The van der Waals surface area contributed by atoms with Crippen LogP contribution in [0.25, 0.3) is 11.0 Å². The van der Waals surface area contributed by atoms with E-state index >= 15 is 0 Å². The van der Waals surface area contributed by atoms with E-state index in [0.717, 1.165) is 16.6 Å². The molecule has 2 aromatic heterocycles. The lowest BCUT2D eigenvalue weighted by Gasteiger charge is -2.04. The van der Waals surface area contributed by atoms with Gasteiger partial charge in [-0.25, -0.2) is 9.97 Å². The van der Waals surface area contributed by atoms with Crippen LogP contribution < -0.4 is 5.32 Å². The van der Waals surface area contributed by atoms with Crippen LogP contribution in [0.3, 0.4) is 0 Å². The average Bonchev–Trinajstić information content (AvgIpc) is 2.90. The van der Waals surface area contributed by atoms with Gasteiger partial charge in [0.15, 0.2) is 0 Å². The number of fused-ring (bicyclic) bond motifs is 1. The van der Waals surface area contributed by atoms with Gasteiger partial charge in [-0.2, -0.15) is 0 Å². The highest BCUT2D eigenvalue weighted by Crippen LogP contribution is 2.25. The number of para-hydroxylation sites is 1. The van der Waals surface area contributed by atoms with E-state index in [0.29, 0.717) is 12.4 Å². The number of rotatable bonds is 4. The Bertz CT molecular complexity index is 862. The van der Waals surface area contributed by atoms with Crippen molar-refractivity contribution in [2.75, 3.05) is 5.32 Å². The molecule has 2 N–H and O–H groups in total. The molecule has 0 fully saturated rings. The summed E-state index contributed by atoms with van der Waals surface area (Å²) in [6.45, 7) is 2.27. The first-order chi connectivity index (χ1) is 10.5. The predicted molar refractivity (Wildman–Crippen MR) is 84.1 cm³/mol. The van der Waals surface area contributed by atoms with Gasteiger partial charge in [0.2, 0.25) is 5.82 Å². The molecule has 2 heterocycles. The Labute approximate surface area is 130 Å². The normalized spacial score (nSPS) is 10.8. The summed E-state index contributed by atoms with van der Waals surface area (Å²) >= 11 is 5.74. The van der Waals surface area contributed by atoms with Gasteiger partial charge in [-0.15, -0.1) is 0 Å². The van der Waals surface area contributed by atoms with Crippen molar-refractivity contribution in [3.8, 4) is 0 Å². The highest BCUT2D eigenvalue weighted by Gasteiger charge is 2.16. The monoisotopic (exact) mass is 317 g/mol. The summed E-state index contributed by atoms with van der Waals surface area (Å²) < 4.78 is 0. The number of benzene rings is 1. The van der Waals surface area contributed by atoms with Crippen LogP contribution in [-0.4, -0.2) is 19.9 Å². The number of anilines is 1. The SMILES string of the molecule is Cc1cccc2[nH]c(CNc3ncc(Cl)cc3[N+](=O)[O-])nc12. The highest BCUT2D eigenvalue weighted by atomic mass is 35.5. The molecule has 3 aromatic rings. The molecule has 0 aliphatic heterocycles. The molecule has 0 unspecified atom stereocenters. The van der Waals surface area contributed by atoms with Crippen molar-refractivity contribution < 1.29 is 4.92 Å². The first kappa shape index (κ1) is 14.3. The molecular weight excluding hydrogens is 306 g/mol. The third kappa shape index (κ3) is 2.71. The second-order valence-corrected chi connectivity index (χ2v) is 5.22. The molecule has 0 saturated heterocycles. The Kier molecular flexibility index (Phi) is 3.64. The van der Waals surface area contributed by atoms with Crippen molar-refractivity contribution in [3.05, 3.63) is 57.0 Å². The maximum atomic E-state index is 11.0. The lowest BCUT2D eigenvalue weighted by molar-refractivity contribution is -0.384. The zero-order chi connectivity index (χ0) is 15.7. The number of pyridine rings is 1. The molecule has 0 amide bonds. The second-order valence-electron chi connectivity index (χ2n) is 4.79. The molecule has 0 spiro atoms. The maximum absolute atomic E-state index is 11.0. The van der Waals surface area contributed by atoms with E-state index in [2.05, 4.69) is 20.3 Å². The number of halogens is 1. The van der Waals surface area contributed by atoms with Crippen LogP contribution in [0, 0.1) is 17.0 Å². The third-order valence-electron chi connectivity index (χ3n) is 3.22. The highest BCUT2D eigenvalue weighted by molar-refractivity contribution is 6.30. The molecule has 22 heavy (non-hydrogen) atoms. The number of nitro groups is 1. The van der Waals surface area contributed by atoms with Gasteiger partial charge in [0, 0.05) is 12.3 Å². The number of nitrogens with zero attached hydrogens (tertiary/aromatic N) is 3. The molecule has 0 atom stereocenters. The molecule has 0 bridgehead atoms. The number of imidazole rings is 1. The van der Waals surface area contributed by atoms with E-state index in [4.69, 9.17) is 11.6 Å². The molecular formula is C14H12ClN5O2. The van der Waals surface area contributed by atoms with Gasteiger partial charge in [-0.05, 0) is 18.6 Å². The topological polar surface area (TPSA) is 96.7 Å². The van der Waals surface area contributed by atoms with E-state index in [1.807, 2.05) is 25.1 Å². The van der Waals surface area contributed by atoms with E-state index in [1.54, 1.807) is 0 Å². The standard InChI is InChI=1S/C14H12ClN5O2/c1-8-3-2-4-10-13(8)19-12(18-10)7-17-14-11(20(21)22)5-9(15)6-16-14/h2-6H,7H2,1H3,(H,16,17)(H,18,19). The largest absolute Gasteiger partial charge is 0.357 e. The number of aryl methyl sites for hydroxylation is 1. The molecule has 0 aliphatic rings. The lowest BCUT2D eigenvalue weighted by Crippen LogP contribution is -2.05. The Morgan fingerprint density at radius 1 is 1.45 bits per heavy atom. The van der Waals surface area contributed by atoms with Gasteiger partial charge in [-0.3, -0.25) is 10.1 Å². The first-order valence-corrected chi connectivity index (χ1v) is 6.90. The van der Waals surface area contributed by atoms with Crippen LogP contribution in [0.2, 0.25) is 5.02 Å². The number of hydrogen-bond donors (Lipinski definition) is 2. The van der Waals surface area contributed by atoms with Crippen LogP contribution in [-0.2, 0) is 6.54 Å². The average molecular weight is 318 g/mol. The lowest BCUT2D eigenvalue weighted by atomic mass is 10.2. The van der Waals surface area contributed by atoms with Crippen LogP contribution >= 0.6 is 11.6 Å². The second kappa shape index (κ2) is 5.61. The molecule has 0 radical (unpaired) electrons. The molecule has 1 aromatic carbocycles. The third-order valence-corrected chi connectivity index (χ3v) is 3.42. The first-order valence-electron chi connectivity index (χ1n) is 6.52. The van der Waals surface area contributed by atoms with Crippen LogP contribution in [0.4, 0.5) is 11.5 Å². The van der Waals surface area contributed by atoms with E-state index in [-0.39, 0.29) is 16.5 Å². The fourth-order valence-corrected chi connectivity index (χ4v) is 2.33. The number of aromatic amines is 1. The van der Waals surface area contributed by atoms with E-state index < -0.39 is 4.92 Å². The Hall–Kier alpha value is -2.67. The maximum Gasteiger partial charge on any atom is 0.312 e. The van der Waals surface area contributed by atoms with Crippen LogP contribution in [0.15, 0.2) is 30.5 Å². The molecule has 8 heteroatoms. The van der Waals surface area contributed by atoms with E-state index in [9.17, 15) is 10.1 Å². The molecule has 3 rings (SSSR count). The van der Waals surface area contributed by atoms with Crippen molar-refractivity contribution in [2.45, 2.75) is 13.5 Å². The molecule has 7 nitrogen and oxygen atoms in total. The summed E-state index contributed by atoms with van der Waals surface area (Å²) in [5, 5.41) is 14.1. The van der Waals surface area contributed by atoms with Crippen molar-refractivity contribution in [1.29, 1.82) is 0 Å². The minimum absolute atomic E-state index is 0.159. The Balaban J connectivity index is 1.85. The van der Waals surface area contributed by atoms with Gasteiger partial charge in [0.25, 0.3) is 0 Å². The van der Waals surface area contributed by atoms with Gasteiger partial charge >= 0.3 is 5.69 Å². The van der Waals surface area contributed by atoms with Gasteiger partial charge < -0.3 is 10.3 Å². The quantitative estimate of drug-likeness (QED) is 0.567. The number of nitrogens with one attached hydrogen (secondary N) is 2. The van der Waals surface area contributed by atoms with Crippen molar-refractivity contribution in [3.63, 3.8) is 0 Å². The summed E-state index contributed by atoms with van der Waals surface area (Å²) in [6, 6.07) is 7.12. The predicted octanol–water partition coefficient (Wildman–Crippen LogP) is 3.44. The molecule has 0 saturated carbocycles. The van der Waals surface area contributed by atoms with Crippen LogP contribution in [0.1, 0.15) is 11.4 Å². The Morgan fingerprint density at radius 3 is 3.00 bits per heavy atom. The van der Waals surface area contributed by atoms with E-state index in [1.165, 1.54) is 12.3 Å². The fourth-order valence-electron chi connectivity index (χ4n) is 2.18. The summed E-state index contributed by atoms with van der Waals surface area (Å²) in [5.74, 6) is 0.835.